The third kappa shape index (κ3) is 6.78. The van der Waals surface area contributed by atoms with Crippen LogP contribution < -0.4 is 5.32 Å². The Bertz CT molecular complexity index is 922. The minimum atomic E-state index is -0.0465. The number of nitrogens with one attached hydrogen (secondary N) is 1. The highest BCUT2D eigenvalue weighted by Gasteiger charge is 2.24. The number of hydrogen-bond donors (Lipinski definition) is 1. The van der Waals surface area contributed by atoms with Crippen molar-refractivity contribution in [2.45, 2.75) is 19.0 Å². The molecule has 0 spiro atoms. The summed E-state index contributed by atoms with van der Waals surface area (Å²) in [5, 5.41) is 12.3. The van der Waals surface area contributed by atoms with E-state index in [1.807, 2.05) is 47.4 Å². The van der Waals surface area contributed by atoms with Crippen LogP contribution in [0.5, 0.6) is 0 Å². The van der Waals surface area contributed by atoms with Crippen LogP contribution >= 0.6 is 0 Å². The van der Waals surface area contributed by atoms with E-state index in [9.17, 15) is 4.79 Å². The zero-order chi connectivity index (χ0) is 22.9. The van der Waals surface area contributed by atoms with Gasteiger partial charge in [0.2, 0.25) is 0 Å². The lowest BCUT2D eigenvalue weighted by atomic mass is 10.1. The standard InChI is InChI=1S/C26H33N5O2/c27-19-22-7-9-23(10-8-22)20-29-11-4-12-31(14-13-29)26(32)28-25(24-5-2-1-3-6-24)21-30-15-17-33-18-16-30/h1-3,5-10,25H,4,11-18,20-21H2,(H,28,32). The first-order chi connectivity index (χ1) is 16.2. The van der Waals surface area contributed by atoms with Gasteiger partial charge in [0.15, 0.2) is 0 Å². The lowest BCUT2D eigenvalue weighted by Crippen LogP contribution is -2.47. The van der Waals surface area contributed by atoms with Crippen LogP contribution in [-0.4, -0.2) is 79.8 Å². The van der Waals surface area contributed by atoms with Gasteiger partial charge in [0.05, 0.1) is 30.9 Å². The molecule has 1 unspecified atom stereocenters. The van der Waals surface area contributed by atoms with Crippen molar-refractivity contribution in [1.29, 1.82) is 5.26 Å². The maximum atomic E-state index is 13.2. The number of carbonyl (C=O) groups is 1. The molecule has 2 saturated heterocycles. The van der Waals surface area contributed by atoms with Gasteiger partial charge in [0.25, 0.3) is 0 Å². The Hall–Kier alpha value is -2.92. The number of carbonyl (C=O) groups excluding carboxylic acids is 1. The van der Waals surface area contributed by atoms with Gasteiger partial charge in [-0.15, -0.1) is 0 Å². The summed E-state index contributed by atoms with van der Waals surface area (Å²) in [6.07, 6.45) is 0.948. The highest BCUT2D eigenvalue weighted by molar-refractivity contribution is 5.74. The summed E-state index contributed by atoms with van der Waals surface area (Å²) >= 11 is 0. The van der Waals surface area contributed by atoms with E-state index in [2.05, 4.69) is 33.3 Å². The van der Waals surface area contributed by atoms with Gasteiger partial charge in [-0.05, 0) is 29.7 Å². The maximum Gasteiger partial charge on any atom is 0.317 e. The zero-order valence-electron chi connectivity index (χ0n) is 19.2. The van der Waals surface area contributed by atoms with Crippen molar-refractivity contribution in [2.24, 2.45) is 0 Å². The number of benzene rings is 2. The van der Waals surface area contributed by atoms with E-state index < -0.39 is 0 Å². The van der Waals surface area contributed by atoms with Gasteiger partial charge in [-0.25, -0.2) is 4.79 Å². The first-order valence-electron chi connectivity index (χ1n) is 11.8. The third-order valence-electron chi connectivity index (χ3n) is 6.41. The molecule has 174 valence electrons. The second-order valence-electron chi connectivity index (χ2n) is 8.75. The Morgan fingerprint density at radius 3 is 2.42 bits per heavy atom. The van der Waals surface area contributed by atoms with Gasteiger partial charge in [-0.1, -0.05) is 42.5 Å². The van der Waals surface area contributed by atoms with Crippen LogP contribution in [-0.2, 0) is 11.3 Å². The number of nitrogens with zero attached hydrogens (tertiary/aromatic N) is 4. The van der Waals surface area contributed by atoms with Gasteiger partial charge in [0.1, 0.15) is 0 Å². The smallest absolute Gasteiger partial charge is 0.317 e. The molecule has 33 heavy (non-hydrogen) atoms. The van der Waals surface area contributed by atoms with Gasteiger partial charge in [0, 0.05) is 52.4 Å². The molecule has 2 aromatic rings. The van der Waals surface area contributed by atoms with E-state index in [0.717, 1.165) is 71.0 Å². The van der Waals surface area contributed by atoms with Crippen LogP contribution in [0, 0.1) is 11.3 Å². The summed E-state index contributed by atoms with van der Waals surface area (Å²) in [4.78, 5) is 19.9. The summed E-state index contributed by atoms with van der Waals surface area (Å²) < 4.78 is 5.49. The molecule has 0 radical (unpaired) electrons. The first-order valence-corrected chi connectivity index (χ1v) is 11.8. The second kappa shape index (κ2) is 11.8. The maximum absolute atomic E-state index is 13.2. The summed E-state index contributed by atoms with van der Waals surface area (Å²) in [6.45, 7) is 8.18. The Balaban J connectivity index is 1.34. The van der Waals surface area contributed by atoms with Crippen LogP contribution in [0.15, 0.2) is 54.6 Å². The van der Waals surface area contributed by atoms with Gasteiger partial charge in [-0.2, -0.15) is 5.26 Å². The molecule has 2 aromatic carbocycles. The predicted octanol–water partition coefficient (Wildman–Crippen LogP) is 2.85. The quantitative estimate of drug-likeness (QED) is 0.737. The number of amides is 2. The molecule has 1 N–H and O–H groups in total. The molecular formula is C26H33N5O2. The second-order valence-corrected chi connectivity index (χ2v) is 8.75. The molecular weight excluding hydrogens is 414 g/mol. The van der Waals surface area contributed by atoms with Gasteiger partial charge in [-0.3, -0.25) is 9.80 Å². The average Bonchev–Trinajstić information content (AvgIpc) is 3.11. The number of morpholine rings is 1. The molecule has 0 bridgehead atoms. The molecule has 2 aliphatic rings. The van der Waals surface area contributed by atoms with Crippen LogP contribution in [0.3, 0.4) is 0 Å². The van der Waals surface area contributed by atoms with E-state index >= 15 is 0 Å². The van der Waals surface area contributed by atoms with E-state index in [0.29, 0.717) is 12.1 Å². The Kier molecular flexibility index (Phi) is 8.31. The predicted molar refractivity (Wildman–Crippen MR) is 128 cm³/mol. The van der Waals surface area contributed by atoms with Crippen molar-refractivity contribution in [3.63, 3.8) is 0 Å². The third-order valence-corrected chi connectivity index (χ3v) is 6.41. The van der Waals surface area contributed by atoms with Crippen LogP contribution in [0.2, 0.25) is 0 Å². The lowest BCUT2D eigenvalue weighted by molar-refractivity contribution is 0.0337. The Labute approximate surface area is 196 Å². The number of ether oxygens (including phenoxy) is 1. The van der Waals surface area contributed by atoms with E-state index in [1.165, 1.54) is 5.56 Å². The summed E-state index contributed by atoms with van der Waals surface area (Å²) in [6, 6.07) is 20.1. The molecule has 2 amide bonds. The number of urea groups is 1. The first kappa shape index (κ1) is 23.2. The minimum absolute atomic E-state index is 0.0114. The van der Waals surface area contributed by atoms with E-state index in [-0.39, 0.29) is 12.1 Å². The SMILES string of the molecule is N#Cc1ccc(CN2CCCN(C(=O)NC(CN3CCOCC3)c3ccccc3)CC2)cc1. The van der Waals surface area contributed by atoms with Crippen LogP contribution in [0.25, 0.3) is 0 Å². The zero-order valence-corrected chi connectivity index (χ0v) is 19.2. The molecule has 2 heterocycles. The molecule has 0 aliphatic carbocycles. The van der Waals surface area contributed by atoms with Crippen molar-refractivity contribution in [3.8, 4) is 6.07 Å². The molecule has 0 aromatic heterocycles. The summed E-state index contributed by atoms with van der Waals surface area (Å²) in [5.74, 6) is 0. The molecule has 7 heteroatoms. The average molecular weight is 448 g/mol. The fourth-order valence-corrected chi connectivity index (χ4v) is 4.48. The molecule has 2 fully saturated rings. The highest BCUT2D eigenvalue weighted by Crippen LogP contribution is 2.17. The van der Waals surface area contributed by atoms with Crippen molar-refractivity contribution in [2.75, 3.05) is 59.0 Å². The van der Waals surface area contributed by atoms with Crippen molar-refractivity contribution < 1.29 is 9.53 Å². The van der Waals surface area contributed by atoms with E-state index in [4.69, 9.17) is 10.00 Å². The summed E-state index contributed by atoms with van der Waals surface area (Å²) in [7, 11) is 0. The topological polar surface area (TPSA) is 71.8 Å². The van der Waals surface area contributed by atoms with Gasteiger partial charge < -0.3 is 15.0 Å². The largest absolute Gasteiger partial charge is 0.379 e. The number of hydrogen-bond acceptors (Lipinski definition) is 5. The highest BCUT2D eigenvalue weighted by atomic mass is 16.5. The molecule has 4 rings (SSSR count). The molecule has 7 nitrogen and oxygen atoms in total. The normalized spacial score (nSPS) is 18.8. The van der Waals surface area contributed by atoms with Crippen molar-refractivity contribution in [3.05, 3.63) is 71.3 Å². The van der Waals surface area contributed by atoms with Crippen LogP contribution in [0.4, 0.5) is 4.79 Å². The Morgan fingerprint density at radius 2 is 1.70 bits per heavy atom. The molecule has 2 aliphatic heterocycles. The summed E-state index contributed by atoms with van der Waals surface area (Å²) in [5.41, 5.74) is 3.01. The molecule has 0 saturated carbocycles. The fraction of sp³-hybridized carbons (Fsp3) is 0.462. The lowest BCUT2D eigenvalue weighted by Gasteiger charge is -2.32. The van der Waals surface area contributed by atoms with Crippen molar-refractivity contribution in [1.82, 2.24) is 20.0 Å². The number of nitriles is 1. The number of rotatable bonds is 6. The van der Waals surface area contributed by atoms with Gasteiger partial charge >= 0.3 is 6.03 Å². The fourth-order valence-electron chi connectivity index (χ4n) is 4.48. The van der Waals surface area contributed by atoms with E-state index in [1.54, 1.807) is 0 Å². The Morgan fingerprint density at radius 1 is 0.939 bits per heavy atom. The van der Waals surface area contributed by atoms with Crippen LogP contribution in [0.1, 0.15) is 29.2 Å². The van der Waals surface area contributed by atoms with Crippen molar-refractivity contribution >= 4 is 6.03 Å². The monoisotopic (exact) mass is 447 g/mol. The minimum Gasteiger partial charge on any atom is -0.379 e. The molecule has 1 atom stereocenters.